The molecule has 120 valence electrons. The molecule has 2 atom stereocenters. The van der Waals surface area contributed by atoms with Gasteiger partial charge in [-0.1, -0.05) is 67.6 Å². The van der Waals surface area contributed by atoms with Gasteiger partial charge in [-0.2, -0.15) is 5.26 Å². The first-order valence-corrected chi connectivity index (χ1v) is 8.92. The molecule has 3 nitrogen and oxygen atoms in total. The van der Waals surface area contributed by atoms with E-state index in [4.69, 9.17) is 0 Å². The largest absolute Gasteiger partial charge is 0.319 e. The fourth-order valence-corrected chi connectivity index (χ4v) is 3.91. The molecule has 1 aliphatic rings. The quantitative estimate of drug-likeness (QED) is 0.913. The minimum Gasteiger partial charge on any atom is -0.319 e. The smallest absolute Gasteiger partial charge is 0.233 e. The fraction of sp³-hybridized carbons (Fsp3) is 0.200. The summed E-state index contributed by atoms with van der Waals surface area (Å²) in [5, 5.41) is 13.4. The average Bonchev–Trinajstić information content (AvgIpc) is 2.63. The van der Waals surface area contributed by atoms with Crippen molar-refractivity contribution in [3.8, 4) is 6.07 Å². The molecule has 1 amide bonds. The fourth-order valence-electron chi connectivity index (χ4n) is 3.12. The van der Waals surface area contributed by atoms with Crippen LogP contribution in [0.1, 0.15) is 29.9 Å². The van der Waals surface area contributed by atoms with Crippen LogP contribution in [-0.4, -0.2) is 11.7 Å². The van der Waals surface area contributed by atoms with Crippen molar-refractivity contribution in [3.63, 3.8) is 0 Å². The summed E-state index contributed by atoms with van der Waals surface area (Å²) >= 11 is 1.51. The van der Waals surface area contributed by atoms with Crippen LogP contribution in [0.4, 0.5) is 0 Å². The van der Waals surface area contributed by atoms with Gasteiger partial charge in [0, 0.05) is 5.92 Å². The highest BCUT2D eigenvalue weighted by molar-refractivity contribution is 8.03. The highest BCUT2D eigenvalue weighted by Crippen LogP contribution is 2.44. The molecule has 1 aliphatic heterocycles. The molecule has 0 fully saturated rings. The van der Waals surface area contributed by atoms with Crippen LogP contribution in [0.3, 0.4) is 0 Å². The zero-order valence-corrected chi connectivity index (χ0v) is 14.2. The Hall–Kier alpha value is -2.51. The zero-order valence-electron chi connectivity index (χ0n) is 13.4. The Bertz CT molecular complexity index is 793. The molecule has 4 heteroatoms. The monoisotopic (exact) mass is 334 g/mol. The molecule has 0 radical (unpaired) electrons. The summed E-state index contributed by atoms with van der Waals surface area (Å²) in [6.45, 7) is 2.01. The van der Waals surface area contributed by atoms with Crippen LogP contribution in [0.15, 0.2) is 71.3 Å². The molecule has 1 heterocycles. The van der Waals surface area contributed by atoms with Crippen LogP contribution in [0, 0.1) is 11.3 Å². The summed E-state index contributed by atoms with van der Waals surface area (Å²) in [5.41, 5.74) is 2.56. The van der Waals surface area contributed by atoms with Crippen LogP contribution in [-0.2, 0) is 4.79 Å². The van der Waals surface area contributed by atoms with E-state index in [1.165, 1.54) is 11.8 Å². The number of nitrogens with zero attached hydrogens (tertiary/aromatic N) is 1. The number of allylic oxidation sites excluding steroid dienone is 1. The summed E-state index contributed by atoms with van der Waals surface area (Å²) in [4.78, 5) is 12.9. The SMILES string of the molecule is CCSC1=C(C#N)[C@H](c2ccccc2)[C@@H](c2ccccc2)C(=O)N1. The number of carbonyl (C=O) groups excluding carboxylic acids is 1. The second-order valence-electron chi connectivity index (χ2n) is 5.55. The summed E-state index contributed by atoms with van der Waals surface area (Å²) < 4.78 is 0. The van der Waals surface area contributed by atoms with Crippen LogP contribution in [0.25, 0.3) is 0 Å². The van der Waals surface area contributed by atoms with Crippen LogP contribution in [0.5, 0.6) is 0 Å². The van der Waals surface area contributed by atoms with Gasteiger partial charge in [0.15, 0.2) is 0 Å². The highest BCUT2D eigenvalue weighted by Gasteiger charge is 2.39. The molecule has 0 saturated carbocycles. The van der Waals surface area contributed by atoms with Gasteiger partial charge in [-0.05, 0) is 16.9 Å². The van der Waals surface area contributed by atoms with E-state index >= 15 is 0 Å². The molecule has 0 aromatic heterocycles. The van der Waals surface area contributed by atoms with Crippen LogP contribution >= 0.6 is 11.8 Å². The maximum absolute atomic E-state index is 12.9. The summed E-state index contributed by atoms with van der Waals surface area (Å²) in [7, 11) is 0. The zero-order chi connectivity index (χ0) is 16.9. The lowest BCUT2D eigenvalue weighted by molar-refractivity contribution is -0.122. The van der Waals surface area contributed by atoms with Gasteiger partial charge in [-0.15, -0.1) is 11.8 Å². The van der Waals surface area contributed by atoms with Gasteiger partial charge in [-0.25, -0.2) is 0 Å². The third-order valence-corrected chi connectivity index (χ3v) is 5.03. The maximum atomic E-state index is 12.9. The van der Waals surface area contributed by atoms with E-state index in [1.54, 1.807) is 0 Å². The molecule has 3 rings (SSSR count). The number of rotatable bonds is 4. The Kier molecular flexibility index (Phi) is 5.02. The van der Waals surface area contributed by atoms with Gasteiger partial charge in [0.1, 0.15) is 0 Å². The summed E-state index contributed by atoms with van der Waals surface area (Å²) in [6.07, 6.45) is 0. The average molecular weight is 334 g/mol. The molecular formula is C20H18N2OS. The van der Waals surface area contributed by atoms with Crippen molar-refractivity contribution in [1.82, 2.24) is 5.32 Å². The molecule has 2 aromatic rings. The Morgan fingerprint density at radius 2 is 1.54 bits per heavy atom. The number of hydrogen-bond donors (Lipinski definition) is 1. The van der Waals surface area contributed by atoms with Gasteiger partial charge in [-0.3, -0.25) is 4.79 Å². The van der Waals surface area contributed by atoms with E-state index in [0.717, 1.165) is 16.9 Å². The molecule has 0 saturated heterocycles. The van der Waals surface area contributed by atoms with Crippen LogP contribution < -0.4 is 5.32 Å². The van der Waals surface area contributed by atoms with Gasteiger partial charge < -0.3 is 5.32 Å². The lowest BCUT2D eigenvalue weighted by Gasteiger charge is -2.32. The Balaban J connectivity index is 2.18. The van der Waals surface area contributed by atoms with Gasteiger partial charge in [0.05, 0.1) is 22.6 Å². The van der Waals surface area contributed by atoms with Crippen molar-refractivity contribution in [2.45, 2.75) is 18.8 Å². The summed E-state index contributed by atoms with van der Waals surface area (Å²) in [5.74, 6) is 0.0917. The van der Waals surface area contributed by atoms with Crippen molar-refractivity contribution in [1.29, 1.82) is 5.26 Å². The molecule has 0 aliphatic carbocycles. The minimum absolute atomic E-state index is 0.0509. The van der Waals surface area contributed by atoms with Gasteiger partial charge in [0.2, 0.25) is 5.91 Å². The van der Waals surface area contributed by atoms with Crippen LogP contribution in [0.2, 0.25) is 0 Å². The molecule has 2 aromatic carbocycles. The molecule has 24 heavy (non-hydrogen) atoms. The van der Waals surface area contributed by atoms with Gasteiger partial charge >= 0.3 is 0 Å². The topological polar surface area (TPSA) is 52.9 Å². The predicted molar refractivity (Wildman–Crippen MR) is 97.3 cm³/mol. The first kappa shape index (κ1) is 16.4. The van der Waals surface area contributed by atoms with E-state index in [0.29, 0.717) is 10.6 Å². The third-order valence-electron chi connectivity index (χ3n) is 4.13. The van der Waals surface area contributed by atoms with Crippen molar-refractivity contribution in [2.75, 3.05) is 5.75 Å². The van der Waals surface area contributed by atoms with Gasteiger partial charge in [0.25, 0.3) is 0 Å². The van der Waals surface area contributed by atoms with Crippen molar-refractivity contribution < 1.29 is 4.79 Å². The first-order chi connectivity index (χ1) is 11.8. The van der Waals surface area contributed by atoms with E-state index < -0.39 is 5.92 Å². The number of nitrogens with one attached hydrogen (secondary N) is 1. The number of amides is 1. The number of hydrogen-bond acceptors (Lipinski definition) is 3. The molecule has 0 unspecified atom stereocenters. The lowest BCUT2D eigenvalue weighted by atomic mass is 9.75. The second kappa shape index (κ2) is 7.37. The molecule has 1 N–H and O–H groups in total. The van der Waals surface area contributed by atoms with Crippen molar-refractivity contribution in [2.24, 2.45) is 0 Å². The maximum Gasteiger partial charge on any atom is 0.233 e. The standard InChI is InChI=1S/C20H18N2OS/c1-2-24-20-16(13-21)17(14-9-5-3-6-10-14)18(19(23)22-20)15-11-7-4-8-12-15/h3-12,17-18H,2H2,1H3,(H,22,23)/t17-,18+/m0/s1. The molecular weight excluding hydrogens is 316 g/mol. The van der Waals surface area contributed by atoms with Crippen molar-refractivity contribution >= 4 is 17.7 Å². The van der Waals surface area contributed by atoms with E-state index in [1.807, 2.05) is 67.6 Å². The highest BCUT2D eigenvalue weighted by atomic mass is 32.2. The third kappa shape index (κ3) is 3.08. The summed E-state index contributed by atoms with van der Waals surface area (Å²) in [6, 6.07) is 21.9. The molecule has 0 spiro atoms. The van der Waals surface area contributed by atoms with E-state index in [2.05, 4.69) is 11.4 Å². The van der Waals surface area contributed by atoms with E-state index in [9.17, 15) is 10.1 Å². The lowest BCUT2D eigenvalue weighted by Crippen LogP contribution is -2.38. The Labute approximate surface area is 146 Å². The normalized spacial score (nSPS) is 20.4. The molecule has 0 bridgehead atoms. The second-order valence-corrected chi connectivity index (χ2v) is 6.83. The van der Waals surface area contributed by atoms with Crippen molar-refractivity contribution in [3.05, 3.63) is 82.4 Å². The number of benzene rings is 2. The Morgan fingerprint density at radius 1 is 1.00 bits per heavy atom. The Morgan fingerprint density at radius 3 is 2.04 bits per heavy atom. The number of nitriles is 1. The predicted octanol–water partition coefficient (Wildman–Crippen LogP) is 4.17. The number of carbonyl (C=O) groups is 1. The first-order valence-electron chi connectivity index (χ1n) is 7.94. The minimum atomic E-state index is -0.399. The van der Waals surface area contributed by atoms with E-state index in [-0.39, 0.29) is 11.8 Å². The number of thioether (sulfide) groups is 1.